The summed E-state index contributed by atoms with van der Waals surface area (Å²) in [5.41, 5.74) is 0.814. The van der Waals surface area contributed by atoms with Crippen molar-refractivity contribution in [3.8, 4) is 5.75 Å². The van der Waals surface area contributed by atoms with Crippen molar-refractivity contribution in [2.24, 2.45) is 0 Å². The van der Waals surface area contributed by atoms with Crippen molar-refractivity contribution in [2.45, 2.75) is 31.8 Å². The number of carbonyl (C=O) groups is 1. The topological polar surface area (TPSA) is 140 Å². The summed E-state index contributed by atoms with van der Waals surface area (Å²) in [5, 5.41) is 20.5. The number of unbranched alkanes of at least 4 members (excludes halogenated alkanes) is 1. The van der Waals surface area contributed by atoms with E-state index in [4.69, 9.17) is 9.47 Å². The molecule has 1 unspecified atom stereocenters. The fourth-order valence-corrected chi connectivity index (χ4v) is 2.82. The van der Waals surface area contributed by atoms with E-state index in [1.165, 1.54) is 0 Å². The third kappa shape index (κ3) is 7.78. The van der Waals surface area contributed by atoms with E-state index in [9.17, 15) is 25.0 Å². The van der Waals surface area contributed by atoms with Gasteiger partial charge < -0.3 is 19.1 Å². The van der Waals surface area contributed by atoms with Crippen molar-refractivity contribution in [2.75, 3.05) is 20.3 Å². The third-order valence-electron chi connectivity index (χ3n) is 4.24. The molecule has 0 aromatic heterocycles. The van der Waals surface area contributed by atoms with Gasteiger partial charge in [0.15, 0.2) is 0 Å². The molecule has 0 N–H and O–H groups in total. The molecule has 0 aliphatic heterocycles. The second kappa shape index (κ2) is 11.4. The van der Waals surface area contributed by atoms with Gasteiger partial charge in [-0.05, 0) is 47.7 Å². The Hall–Kier alpha value is -3.63. The number of hydrogen-bond donors (Lipinski definition) is 0. The van der Waals surface area contributed by atoms with E-state index >= 15 is 0 Å². The van der Waals surface area contributed by atoms with Gasteiger partial charge in [0.2, 0.25) is 0 Å². The number of hydrogen-bond acceptors (Lipinski definition) is 9. The number of fused-ring (bicyclic) bond motifs is 1. The molecule has 1 atom stereocenters. The highest BCUT2D eigenvalue weighted by molar-refractivity contribution is 5.85. The first-order valence-corrected chi connectivity index (χ1v) is 9.18. The Labute approximate surface area is 171 Å². The van der Waals surface area contributed by atoms with E-state index in [0.29, 0.717) is 12.8 Å². The molecule has 0 heterocycles. The Morgan fingerprint density at radius 1 is 1.03 bits per heavy atom. The monoisotopic (exact) mass is 422 g/mol. The minimum Gasteiger partial charge on any atom is -0.497 e. The van der Waals surface area contributed by atoms with Crippen LogP contribution in [0.5, 0.6) is 5.75 Å². The lowest BCUT2D eigenvalue weighted by Crippen LogP contribution is -2.24. The van der Waals surface area contributed by atoms with E-state index in [2.05, 4.69) is 9.68 Å². The van der Waals surface area contributed by atoms with Gasteiger partial charge in [0.1, 0.15) is 18.5 Å². The van der Waals surface area contributed by atoms with Crippen LogP contribution in [0.4, 0.5) is 0 Å². The quantitative estimate of drug-likeness (QED) is 0.206. The number of carbonyl (C=O) groups excluding carboxylic acids is 1. The van der Waals surface area contributed by atoms with Crippen LogP contribution in [-0.2, 0) is 25.6 Å². The molecular weight excluding hydrogens is 400 g/mol. The number of rotatable bonds is 13. The Bertz CT molecular complexity index is 887. The summed E-state index contributed by atoms with van der Waals surface area (Å²) in [6.45, 7) is -0.410. The molecule has 2 aromatic rings. The van der Waals surface area contributed by atoms with Crippen LogP contribution in [0.25, 0.3) is 10.8 Å². The van der Waals surface area contributed by atoms with E-state index in [-0.39, 0.29) is 19.4 Å². The predicted octanol–water partition coefficient (Wildman–Crippen LogP) is 2.89. The molecule has 0 saturated heterocycles. The van der Waals surface area contributed by atoms with Gasteiger partial charge in [-0.2, -0.15) is 0 Å². The van der Waals surface area contributed by atoms with Crippen LogP contribution >= 0.6 is 0 Å². The van der Waals surface area contributed by atoms with Gasteiger partial charge in [-0.3, -0.25) is 4.79 Å². The summed E-state index contributed by atoms with van der Waals surface area (Å²) in [6, 6.07) is 11.3. The predicted molar refractivity (Wildman–Crippen MR) is 104 cm³/mol. The van der Waals surface area contributed by atoms with E-state index in [1.807, 2.05) is 36.4 Å². The molecule has 0 radical (unpaired) electrons. The standard InChI is InChI=1S/C19H22N2O9/c1-27-17-8-7-15-10-14(5-6-16(15)12-17)11-19(22)28-9-3-2-4-18(30-21(25)26)13-29-20(23)24/h5-8,10,12,18H,2-4,9,11,13H2,1H3. The zero-order valence-corrected chi connectivity index (χ0v) is 16.4. The average Bonchev–Trinajstić information content (AvgIpc) is 2.70. The zero-order valence-electron chi connectivity index (χ0n) is 16.4. The third-order valence-corrected chi connectivity index (χ3v) is 4.24. The Morgan fingerprint density at radius 2 is 1.77 bits per heavy atom. The lowest BCUT2D eigenvalue weighted by atomic mass is 10.0. The molecule has 30 heavy (non-hydrogen) atoms. The first kappa shape index (κ1) is 22.7. The van der Waals surface area contributed by atoms with E-state index in [0.717, 1.165) is 22.1 Å². The van der Waals surface area contributed by atoms with Gasteiger partial charge >= 0.3 is 5.97 Å². The van der Waals surface area contributed by atoms with Crippen LogP contribution in [0.2, 0.25) is 0 Å². The van der Waals surface area contributed by atoms with Gasteiger partial charge in [-0.1, -0.05) is 24.3 Å². The van der Waals surface area contributed by atoms with Crippen molar-refractivity contribution in [3.63, 3.8) is 0 Å². The lowest BCUT2D eigenvalue weighted by Gasteiger charge is -2.13. The maximum absolute atomic E-state index is 12.0. The maximum atomic E-state index is 12.0. The van der Waals surface area contributed by atoms with E-state index < -0.39 is 28.9 Å². The SMILES string of the molecule is COc1ccc2cc(CC(=O)OCCCCC(CO[N+](=O)[O-])O[N+](=O)[O-])ccc2c1. The first-order valence-electron chi connectivity index (χ1n) is 9.18. The van der Waals surface area contributed by atoms with Gasteiger partial charge in [0.05, 0.1) is 20.1 Å². The number of benzene rings is 2. The number of nitrogens with zero attached hydrogens (tertiary/aromatic N) is 2. The minimum atomic E-state index is -1.06. The van der Waals surface area contributed by atoms with Crippen LogP contribution in [0.3, 0.4) is 0 Å². The normalized spacial score (nSPS) is 11.5. The van der Waals surface area contributed by atoms with Gasteiger partial charge in [-0.15, -0.1) is 20.2 Å². The molecule has 0 saturated carbocycles. The molecule has 2 aromatic carbocycles. The summed E-state index contributed by atoms with van der Waals surface area (Å²) in [4.78, 5) is 41.1. The highest BCUT2D eigenvalue weighted by Crippen LogP contribution is 2.22. The van der Waals surface area contributed by atoms with Gasteiger partial charge in [0.25, 0.3) is 10.2 Å². The second-order valence-electron chi connectivity index (χ2n) is 6.41. The molecule has 2 rings (SSSR count). The molecule has 0 aliphatic rings. The first-order chi connectivity index (χ1) is 14.4. The molecule has 0 aliphatic carbocycles. The van der Waals surface area contributed by atoms with Crippen LogP contribution in [0.1, 0.15) is 24.8 Å². The molecule has 11 nitrogen and oxygen atoms in total. The van der Waals surface area contributed by atoms with Crippen molar-refractivity contribution < 1.29 is 34.1 Å². The van der Waals surface area contributed by atoms with Crippen LogP contribution in [0, 0.1) is 20.2 Å². The largest absolute Gasteiger partial charge is 0.497 e. The molecule has 11 heteroatoms. The van der Waals surface area contributed by atoms with Crippen molar-refractivity contribution in [1.29, 1.82) is 0 Å². The highest BCUT2D eigenvalue weighted by Gasteiger charge is 2.15. The molecule has 0 fully saturated rings. The molecule has 0 spiro atoms. The van der Waals surface area contributed by atoms with Gasteiger partial charge in [0, 0.05) is 0 Å². The minimum absolute atomic E-state index is 0.117. The molecule has 0 bridgehead atoms. The zero-order chi connectivity index (χ0) is 21.9. The van der Waals surface area contributed by atoms with Crippen molar-refractivity contribution in [3.05, 3.63) is 62.2 Å². The van der Waals surface area contributed by atoms with Crippen LogP contribution < -0.4 is 4.74 Å². The maximum Gasteiger partial charge on any atom is 0.310 e. The summed E-state index contributed by atoms with van der Waals surface area (Å²) >= 11 is 0. The smallest absolute Gasteiger partial charge is 0.310 e. The van der Waals surface area contributed by atoms with Crippen molar-refractivity contribution >= 4 is 16.7 Å². The Kier molecular flexibility index (Phi) is 8.60. The van der Waals surface area contributed by atoms with Crippen molar-refractivity contribution in [1.82, 2.24) is 0 Å². The molecule has 162 valence electrons. The van der Waals surface area contributed by atoms with Crippen LogP contribution in [0.15, 0.2) is 36.4 Å². The second-order valence-corrected chi connectivity index (χ2v) is 6.41. The van der Waals surface area contributed by atoms with Crippen LogP contribution in [-0.4, -0.2) is 42.6 Å². The Morgan fingerprint density at radius 3 is 2.47 bits per heavy atom. The molecular formula is C19H22N2O9. The van der Waals surface area contributed by atoms with Gasteiger partial charge in [-0.25, -0.2) is 0 Å². The average molecular weight is 422 g/mol. The summed E-state index contributed by atoms with van der Waals surface area (Å²) in [6.07, 6.45) is 0.0493. The number of ether oxygens (including phenoxy) is 2. The fourth-order valence-electron chi connectivity index (χ4n) is 2.82. The highest BCUT2D eigenvalue weighted by atomic mass is 17.0. The Balaban J connectivity index is 1.73. The summed E-state index contributed by atoms with van der Waals surface area (Å²) in [5.74, 6) is 0.364. The molecule has 0 amide bonds. The fraction of sp³-hybridized carbons (Fsp3) is 0.421. The van der Waals surface area contributed by atoms with E-state index in [1.54, 1.807) is 7.11 Å². The number of methoxy groups -OCH3 is 1. The number of esters is 1. The summed E-state index contributed by atoms with van der Waals surface area (Å²) < 4.78 is 10.4. The lowest BCUT2D eigenvalue weighted by molar-refractivity contribution is -0.790. The summed E-state index contributed by atoms with van der Waals surface area (Å²) in [7, 11) is 1.60.